The molecule has 2 aromatic carbocycles. The van der Waals surface area contributed by atoms with Crippen LogP contribution in [0, 0.1) is 6.92 Å². The standard InChI is InChI=1S/C17H16N4O2/c1-12-3-8-15(16(9-12)23-2)20-17(22)13-4-6-14(7-5-13)21-11-18-10-19-21/h3-11H,1-2H3,(H,20,22). The van der Waals surface area contributed by atoms with E-state index in [1.54, 1.807) is 30.3 Å². The average Bonchev–Trinajstić information content (AvgIpc) is 3.11. The smallest absolute Gasteiger partial charge is 0.255 e. The van der Waals surface area contributed by atoms with Crippen molar-refractivity contribution in [2.45, 2.75) is 6.92 Å². The van der Waals surface area contributed by atoms with E-state index >= 15 is 0 Å². The number of methoxy groups -OCH3 is 1. The van der Waals surface area contributed by atoms with Gasteiger partial charge in [0.1, 0.15) is 18.4 Å². The molecule has 0 bridgehead atoms. The van der Waals surface area contributed by atoms with Crippen LogP contribution in [0.2, 0.25) is 0 Å². The van der Waals surface area contributed by atoms with E-state index in [-0.39, 0.29) is 5.91 Å². The van der Waals surface area contributed by atoms with Gasteiger partial charge in [-0.25, -0.2) is 9.67 Å². The van der Waals surface area contributed by atoms with E-state index in [9.17, 15) is 4.79 Å². The van der Waals surface area contributed by atoms with E-state index in [1.165, 1.54) is 6.33 Å². The molecule has 3 aromatic rings. The lowest BCUT2D eigenvalue weighted by atomic mass is 10.1. The van der Waals surface area contributed by atoms with Crippen LogP contribution in [0.3, 0.4) is 0 Å². The molecular formula is C17H16N4O2. The second-order valence-electron chi connectivity index (χ2n) is 5.04. The Balaban J connectivity index is 1.78. The van der Waals surface area contributed by atoms with Gasteiger partial charge < -0.3 is 10.1 Å². The lowest BCUT2D eigenvalue weighted by Crippen LogP contribution is -2.12. The highest BCUT2D eigenvalue weighted by atomic mass is 16.5. The third-order valence-corrected chi connectivity index (χ3v) is 3.42. The Bertz CT molecular complexity index is 811. The summed E-state index contributed by atoms with van der Waals surface area (Å²) in [6.07, 6.45) is 3.07. The van der Waals surface area contributed by atoms with Crippen LogP contribution in [0.15, 0.2) is 55.1 Å². The third kappa shape index (κ3) is 3.21. The number of aromatic nitrogens is 3. The molecule has 0 saturated carbocycles. The molecule has 0 saturated heterocycles. The molecule has 0 radical (unpaired) electrons. The van der Waals surface area contributed by atoms with E-state index in [2.05, 4.69) is 15.4 Å². The molecule has 116 valence electrons. The van der Waals surface area contributed by atoms with Crippen molar-refractivity contribution in [3.63, 3.8) is 0 Å². The maximum atomic E-state index is 12.4. The van der Waals surface area contributed by atoms with Gasteiger partial charge in [0.25, 0.3) is 5.91 Å². The van der Waals surface area contributed by atoms with Crippen LogP contribution in [-0.2, 0) is 0 Å². The van der Waals surface area contributed by atoms with Crippen molar-refractivity contribution in [1.29, 1.82) is 0 Å². The number of amides is 1. The fourth-order valence-electron chi connectivity index (χ4n) is 2.20. The van der Waals surface area contributed by atoms with Gasteiger partial charge in [-0.05, 0) is 48.9 Å². The molecule has 0 atom stereocenters. The molecule has 1 heterocycles. The van der Waals surface area contributed by atoms with E-state index in [0.29, 0.717) is 17.0 Å². The number of carbonyl (C=O) groups excluding carboxylic acids is 1. The summed E-state index contributed by atoms with van der Waals surface area (Å²) in [5.41, 5.74) is 3.10. The molecule has 1 N–H and O–H groups in total. The minimum atomic E-state index is -0.197. The van der Waals surface area contributed by atoms with Gasteiger partial charge in [0, 0.05) is 5.56 Å². The van der Waals surface area contributed by atoms with Crippen molar-refractivity contribution in [2.75, 3.05) is 12.4 Å². The summed E-state index contributed by atoms with van der Waals surface area (Å²) in [5, 5.41) is 6.91. The topological polar surface area (TPSA) is 69.0 Å². The van der Waals surface area contributed by atoms with Crippen LogP contribution in [0.25, 0.3) is 5.69 Å². The number of aryl methyl sites for hydroxylation is 1. The van der Waals surface area contributed by atoms with Crippen LogP contribution in [0.1, 0.15) is 15.9 Å². The number of anilines is 1. The first kappa shape index (κ1) is 14.8. The van der Waals surface area contributed by atoms with Crippen molar-refractivity contribution in [1.82, 2.24) is 14.8 Å². The van der Waals surface area contributed by atoms with Crippen molar-refractivity contribution in [3.05, 3.63) is 66.2 Å². The molecule has 0 unspecified atom stereocenters. The lowest BCUT2D eigenvalue weighted by Gasteiger charge is -2.11. The monoisotopic (exact) mass is 308 g/mol. The molecule has 1 amide bonds. The highest BCUT2D eigenvalue weighted by Crippen LogP contribution is 2.25. The molecule has 0 aliphatic rings. The Kier molecular flexibility index (Phi) is 4.05. The predicted octanol–water partition coefficient (Wildman–Crippen LogP) is 2.84. The fraction of sp³-hybridized carbons (Fsp3) is 0.118. The lowest BCUT2D eigenvalue weighted by molar-refractivity contribution is 0.102. The molecule has 3 rings (SSSR count). The maximum absolute atomic E-state index is 12.4. The first-order valence-electron chi connectivity index (χ1n) is 7.08. The SMILES string of the molecule is COc1cc(C)ccc1NC(=O)c1ccc(-n2cncn2)cc1. The van der Waals surface area contributed by atoms with Crippen LogP contribution in [0.4, 0.5) is 5.69 Å². The minimum absolute atomic E-state index is 0.197. The number of nitrogens with zero attached hydrogens (tertiary/aromatic N) is 3. The summed E-state index contributed by atoms with van der Waals surface area (Å²) in [4.78, 5) is 16.3. The zero-order chi connectivity index (χ0) is 16.2. The second kappa shape index (κ2) is 6.31. The van der Waals surface area contributed by atoms with Gasteiger partial charge in [-0.3, -0.25) is 4.79 Å². The van der Waals surface area contributed by atoms with Crippen LogP contribution < -0.4 is 10.1 Å². The van der Waals surface area contributed by atoms with Gasteiger partial charge in [0.05, 0.1) is 18.5 Å². The third-order valence-electron chi connectivity index (χ3n) is 3.42. The first-order chi connectivity index (χ1) is 11.2. The highest BCUT2D eigenvalue weighted by Gasteiger charge is 2.10. The number of benzene rings is 2. The summed E-state index contributed by atoms with van der Waals surface area (Å²) in [6, 6.07) is 12.7. The summed E-state index contributed by atoms with van der Waals surface area (Å²) < 4.78 is 6.93. The number of ether oxygens (including phenoxy) is 1. The molecule has 0 spiro atoms. The van der Waals surface area contributed by atoms with Crippen molar-refractivity contribution >= 4 is 11.6 Å². The van der Waals surface area contributed by atoms with Gasteiger partial charge in [-0.15, -0.1) is 0 Å². The zero-order valence-electron chi connectivity index (χ0n) is 12.9. The van der Waals surface area contributed by atoms with Gasteiger partial charge in [0.15, 0.2) is 0 Å². The second-order valence-corrected chi connectivity index (χ2v) is 5.04. The molecule has 1 aromatic heterocycles. The molecule has 6 nitrogen and oxygen atoms in total. The normalized spacial score (nSPS) is 10.3. The van der Waals surface area contributed by atoms with Crippen molar-refractivity contribution in [3.8, 4) is 11.4 Å². The Labute approximate surface area is 133 Å². The Morgan fingerprint density at radius 1 is 1.17 bits per heavy atom. The van der Waals surface area contributed by atoms with Crippen LogP contribution in [0.5, 0.6) is 5.75 Å². The summed E-state index contributed by atoms with van der Waals surface area (Å²) in [6.45, 7) is 1.97. The largest absolute Gasteiger partial charge is 0.495 e. The minimum Gasteiger partial charge on any atom is -0.495 e. The van der Waals surface area contributed by atoms with Gasteiger partial charge in [0.2, 0.25) is 0 Å². The molecular weight excluding hydrogens is 292 g/mol. The molecule has 6 heteroatoms. The van der Waals surface area contributed by atoms with E-state index < -0.39 is 0 Å². The van der Waals surface area contributed by atoms with Crippen molar-refractivity contribution in [2.24, 2.45) is 0 Å². The van der Waals surface area contributed by atoms with E-state index in [1.807, 2.05) is 37.3 Å². The van der Waals surface area contributed by atoms with Gasteiger partial charge in [-0.2, -0.15) is 5.10 Å². The first-order valence-corrected chi connectivity index (χ1v) is 7.08. The number of nitrogens with one attached hydrogen (secondary N) is 1. The van der Waals surface area contributed by atoms with Gasteiger partial charge >= 0.3 is 0 Å². The number of hydrogen-bond donors (Lipinski definition) is 1. The Morgan fingerprint density at radius 3 is 2.61 bits per heavy atom. The Hall–Kier alpha value is -3.15. The van der Waals surface area contributed by atoms with Crippen molar-refractivity contribution < 1.29 is 9.53 Å². The predicted molar refractivity (Wildman–Crippen MR) is 87.0 cm³/mol. The van der Waals surface area contributed by atoms with E-state index in [0.717, 1.165) is 11.3 Å². The van der Waals surface area contributed by atoms with Gasteiger partial charge in [-0.1, -0.05) is 6.07 Å². The number of hydrogen-bond acceptors (Lipinski definition) is 4. The maximum Gasteiger partial charge on any atom is 0.255 e. The van der Waals surface area contributed by atoms with Crippen LogP contribution in [-0.4, -0.2) is 27.8 Å². The molecule has 0 aliphatic carbocycles. The quantitative estimate of drug-likeness (QED) is 0.804. The fourth-order valence-corrected chi connectivity index (χ4v) is 2.20. The average molecular weight is 308 g/mol. The Morgan fingerprint density at radius 2 is 1.96 bits per heavy atom. The zero-order valence-corrected chi connectivity index (χ0v) is 12.9. The van der Waals surface area contributed by atoms with E-state index in [4.69, 9.17) is 4.74 Å². The molecule has 23 heavy (non-hydrogen) atoms. The number of rotatable bonds is 4. The summed E-state index contributed by atoms with van der Waals surface area (Å²) in [7, 11) is 1.58. The van der Waals surface area contributed by atoms with Crippen LogP contribution >= 0.6 is 0 Å². The highest BCUT2D eigenvalue weighted by molar-refractivity contribution is 6.05. The molecule has 0 fully saturated rings. The summed E-state index contributed by atoms with van der Waals surface area (Å²) in [5.74, 6) is 0.440. The summed E-state index contributed by atoms with van der Waals surface area (Å²) >= 11 is 0. The number of carbonyl (C=O) groups is 1. The molecule has 0 aliphatic heterocycles.